The number of carbonyl (C=O) groups is 2. The number of rotatable bonds is 3. The van der Waals surface area contributed by atoms with Gasteiger partial charge in [-0.15, -0.1) is 0 Å². The van der Waals surface area contributed by atoms with Crippen molar-refractivity contribution in [2.45, 2.75) is 19.8 Å². The second kappa shape index (κ2) is 6.38. The Balaban J connectivity index is 2.14. The summed E-state index contributed by atoms with van der Waals surface area (Å²) >= 11 is 0. The number of aromatic nitrogens is 2. The van der Waals surface area contributed by atoms with Gasteiger partial charge in [-0.2, -0.15) is 0 Å². The molecule has 1 aromatic rings. The van der Waals surface area contributed by atoms with Gasteiger partial charge in [0.1, 0.15) is 5.56 Å². The molecule has 1 amide bonds. The first kappa shape index (κ1) is 15.0. The molecule has 2 N–H and O–H groups in total. The highest BCUT2D eigenvalue weighted by Gasteiger charge is 2.30. The summed E-state index contributed by atoms with van der Waals surface area (Å²) in [5.41, 5.74) is -1.54. The van der Waals surface area contributed by atoms with E-state index in [4.69, 9.17) is 4.74 Å². The lowest BCUT2D eigenvalue weighted by Crippen LogP contribution is -2.44. The lowest BCUT2D eigenvalue weighted by Gasteiger charge is -2.31. The van der Waals surface area contributed by atoms with Gasteiger partial charge in [0.2, 0.25) is 0 Å². The molecule has 8 heteroatoms. The molecule has 114 valence electrons. The van der Waals surface area contributed by atoms with E-state index >= 15 is 0 Å². The highest BCUT2D eigenvalue weighted by Crippen LogP contribution is 2.19. The van der Waals surface area contributed by atoms with Crippen molar-refractivity contribution in [3.8, 4) is 0 Å². The van der Waals surface area contributed by atoms with E-state index in [2.05, 4.69) is 4.98 Å². The fourth-order valence-electron chi connectivity index (χ4n) is 2.35. The Morgan fingerprint density at radius 1 is 1.43 bits per heavy atom. The molecule has 0 bridgehead atoms. The quantitative estimate of drug-likeness (QED) is 0.729. The maximum absolute atomic E-state index is 12.3. The standard InChI is InChI=1S/C13H17N3O5/c1-2-21-12(19)8-4-3-5-16(7-8)11(18)9-6-14-13(20)15-10(9)17/h6,8H,2-5,7H2,1H3,(H2,14,15,17,20). The first-order valence-electron chi connectivity index (χ1n) is 6.80. The second-order valence-corrected chi connectivity index (χ2v) is 4.83. The summed E-state index contributed by atoms with van der Waals surface area (Å²) in [7, 11) is 0. The SMILES string of the molecule is CCOC(=O)C1CCCN(C(=O)c2c[nH]c(=O)[nH]c2=O)C1. The molecule has 8 nitrogen and oxygen atoms in total. The Hall–Kier alpha value is -2.38. The Labute approximate surface area is 120 Å². The number of piperidine rings is 1. The number of likely N-dealkylation sites (tertiary alicyclic amines) is 1. The highest BCUT2D eigenvalue weighted by atomic mass is 16.5. The van der Waals surface area contributed by atoms with Crippen molar-refractivity contribution >= 4 is 11.9 Å². The smallest absolute Gasteiger partial charge is 0.325 e. The summed E-state index contributed by atoms with van der Waals surface area (Å²) in [5, 5.41) is 0. The molecule has 21 heavy (non-hydrogen) atoms. The van der Waals surface area contributed by atoms with E-state index in [1.165, 1.54) is 4.90 Å². The molecule has 1 aliphatic rings. The van der Waals surface area contributed by atoms with Crippen molar-refractivity contribution < 1.29 is 14.3 Å². The first-order valence-corrected chi connectivity index (χ1v) is 6.80. The van der Waals surface area contributed by atoms with Crippen LogP contribution in [0, 0.1) is 5.92 Å². The second-order valence-electron chi connectivity index (χ2n) is 4.83. The molecule has 1 fully saturated rings. The third kappa shape index (κ3) is 3.39. The molecule has 1 aromatic heterocycles. The minimum atomic E-state index is -0.734. The summed E-state index contributed by atoms with van der Waals surface area (Å²) in [6.07, 6.45) is 2.42. The van der Waals surface area contributed by atoms with Crippen LogP contribution in [-0.4, -0.2) is 46.4 Å². The molecule has 0 aromatic carbocycles. The minimum absolute atomic E-state index is 0.140. The number of amides is 1. The van der Waals surface area contributed by atoms with Crippen molar-refractivity contribution in [3.05, 3.63) is 32.6 Å². The monoisotopic (exact) mass is 295 g/mol. The number of hydrogen-bond acceptors (Lipinski definition) is 5. The normalized spacial score (nSPS) is 18.3. The van der Waals surface area contributed by atoms with E-state index in [0.717, 1.165) is 6.20 Å². The Morgan fingerprint density at radius 2 is 2.19 bits per heavy atom. The van der Waals surface area contributed by atoms with Crippen LogP contribution in [0.15, 0.2) is 15.8 Å². The number of esters is 1. The molecular weight excluding hydrogens is 278 g/mol. The van der Waals surface area contributed by atoms with Gasteiger partial charge >= 0.3 is 11.7 Å². The maximum Gasteiger partial charge on any atom is 0.325 e. The van der Waals surface area contributed by atoms with Crippen LogP contribution in [-0.2, 0) is 9.53 Å². The van der Waals surface area contributed by atoms with Crippen LogP contribution in [0.3, 0.4) is 0 Å². The molecule has 2 rings (SSSR count). The molecule has 1 aliphatic heterocycles. The van der Waals surface area contributed by atoms with Gasteiger partial charge in [-0.25, -0.2) is 4.79 Å². The number of hydrogen-bond donors (Lipinski definition) is 2. The van der Waals surface area contributed by atoms with Gasteiger partial charge in [-0.3, -0.25) is 19.4 Å². The molecule has 0 saturated carbocycles. The summed E-state index contributed by atoms with van der Waals surface area (Å²) in [4.78, 5) is 52.3. The molecule has 0 spiro atoms. The summed E-state index contributed by atoms with van der Waals surface area (Å²) < 4.78 is 4.96. The number of H-pyrrole nitrogens is 2. The summed E-state index contributed by atoms with van der Waals surface area (Å²) in [6, 6.07) is 0. The van der Waals surface area contributed by atoms with E-state index in [1.807, 2.05) is 4.98 Å². The predicted molar refractivity (Wildman–Crippen MR) is 72.9 cm³/mol. The average Bonchev–Trinajstić information content (AvgIpc) is 2.47. The molecule has 1 saturated heterocycles. The fourth-order valence-corrected chi connectivity index (χ4v) is 2.35. The maximum atomic E-state index is 12.3. The van der Waals surface area contributed by atoms with Crippen LogP contribution >= 0.6 is 0 Å². The van der Waals surface area contributed by atoms with Gasteiger partial charge in [0.15, 0.2) is 0 Å². The van der Waals surface area contributed by atoms with Gasteiger partial charge in [0, 0.05) is 19.3 Å². The Bertz CT molecular complexity index is 648. The van der Waals surface area contributed by atoms with Gasteiger partial charge in [-0.05, 0) is 19.8 Å². The van der Waals surface area contributed by atoms with Crippen molar-refractivity contribution in [3.63, 3.8) is 0 Å². The number of carbonyl (C=O) groups excluding carboxylic acids is 2. The van der Waals surface area contributed by atoms with Crippen molar-refractivity contribution in [2.75, 3.05) is 19.7 Å². The zero-order chi connectivity index (χ0) is 15.4. The zero-order valence-corrected chi connectivity index (χ0v) is 11.7. The van der Waals surface area contributed by atoms with Crippen LogP contribution in [0.5, 0.6) is 0 Å². The van der Waals surface area contributed by atoms with Crippen molar-refractivity contribution in [1.29, 1.82) is 0 Å². The molecule has 0 aliphatic carbocycles. The minimum Gasteiger partial charge on any atom is -0.466 e. The first-order chi connectivity index (χ1) is 10.0. The summed E-state index contributed by atoms with van der Waals surface area (Å²) in [5.74, 6) is -1.20. The van der Waals surface area contributed by atoms with Gasteiger partial charge in [0.05, 0.1) is 12.5 Å². The van der Waals surface area contributed by atoms with Crippen LogP contribution in [0.25, 0.3) is 0 Å². The molecule has 2 heterocycles. The van der Waals surface area contributed by atoms with E-state index in [1.54, 1.807) is 6.92 Å². The van der Waals surface area contributed by atoms with E-state index in [0.29, 0.717) is 26.0 Å². The van der Waals surface area contributed by atoms with Gasteiger partial charge in [0.25, 0.3) is 11.5 Å². The molecule has 1 unspecified atom stereocenters. The Kier molecular flexibility index (Phi) is 4.56. The highest BCUT2D eigenvalue weighted by molar-refractivity contribution is 5.93. The summed E-state index contributed by atoms with van der Waals surface area (Å²) in [6.45, 7) is 2.70. The fraction of sp³-hybridized carbons (Fsp3) is 0.538. The molecular formula is C13H17N3O5. The lowest BCUT2D eigenvalue weighted by atomic mass is 9.98. The molecule has 1 atom stereocenters. The topological polar surface area (TPSA) is 112 Å². The van der Waals surface area contributed by atoms with E-state index in [9.17, 15) is 19.2 Å². The number of nitrogens with one attached hydrogen (secondary N) is 2. The average molecular weight is 295 g/mol. The number of ether oxygens (including phenoxy) is 1. The van der Waals surface area contributed by atoms with Gasteiger partial charge in [-0.1, -0.05) is 0 Å². The van der Waals surface area contributed by atoms with Crippen molar-refractivity contribution in [2.24, 2.45) is 5.92 Å². The van der Waals surface area contributed by atoms with Crippen LogP contribution < -0.4 is 11.2 Å². The Morgan fingerprint density at radius 3 is 2.86 bits per heavy atom. The third-order valence-electron chi connectivity index (χ3n) is 3.38. The predicted octanol–water partition coefficient (Wildman–Crippen LogP) is -0.521. The lowest BCUT2D eigenvalue weighted by molar-refractivity contribution is -0.149. The van der Waals surface area contributed by atoms with Crippen LogP contribution in [0.4, 0.5) is 0 Å². The zero-order valence-electron chi connectivity index (χ0n) is 11.7. The number of aromatic amines is 2. The van der Waals surface area contributed by atoms with E-state index < -0.39 is 17.2 Å². The van der Waals surface area contributed by atoms with Crippen molar-refractivity contribution in [1.82, 2.24) is 14.9 Å². The van der Waals surface area contributed by atoms with Crippen LogP contribution in [0.1, 0.15) is 30.1 Å². The third-order valence-corrected chi connectivity index (χ3v) is 3.38. The number of nitrogens with zero attached hydrogens (tertiary/aromatic N) is 1. The molecule has 0 radical (unpaired) electrons. The van der Waals surface area contributed by atoms with Crippen LogP contribution in [0.2, 0.25) is 0 Å². The largest absolute Gasteiger partial charge is 0.466 e. The van der Waals surface area contributed by atoms with Gasteiger partial charge < -0.3 is 14.6 Å². The van der Waals surface area contributed by atoms with E-state index in [-0.39, 0.29) is 24.0 Å².